The predicted octanol–water partition coefficient (Wildman–Crippen LogP) is 0.118. The second-order valence-electron chi connectivity index (χ2n) is 5.39. The van der Waals surface area contributed by atoms with Crippen molar-refractivity contribution in [2.45, 2.75) is 25.7 Å². The molecule has 2 aliphatic rings. The third kappa shape index (κ3) is 1.31. The number of carboxylic acid groups (broad SMARTS) is 4. The Morgan fingerprint density at radius 2 is 1.00 bits per heavy atom. The molecule has 0 saturated heterocycles. The van der Waals surface area contributed by atoms with Crippen LogP contribution in [0.5, 0.6) is 0 Å². The molecule has 0 spiro atoms. The van der Waals surface area contributed by atoms with E-state index in [1.165, 1.54) is 0 Å². The van der Waals surface area contributed by atoms with E-state index in [1.807, 2.05) is 0 Å². The minimum absolute atomic E-state index is 0.130. The smallest absolute Gasteiger partial charge is 0.311 e. The molecule has 20 heavy (non-hydrogen) atoms. The van der Waals surface area contributed by atoms with Crippen LogP contribution in [-0.2, 0) is 19.2 Å². The molecule has 2 saturated carbocycles. The summed E-state index contributed by atoms with van der Waals surface area (Å²) in [6, 6.07) is 0. The molecule has 4 N–H and O–H groups in total. The number of fused-ring (bicyclic) bond motifs is 1. The lowest BCUT2D eigenvalue weighted by Crippen LogP contribution is -2.76. The van der Waals surface area contributed by atoms with E-state index in [4.69, 9.17) is 0 Å². The molecule has 0 heterocycles. The molecular weight excluding hydrogens is 272 g/mol. The minimum atomic E-state index is -2.04. The van der Waals surface area contributed by atoms with Crippen LogP contribution in [0.3, 0.4) is 0 Å². The number of rotatable bonds is 4. The van der Waals surface area contributed by atoms with Crippen LogP contribution >= 0.6 is 0 Å². The van der Waals surface area contributed by atoms with E-state index in [9.17, 15) is 39.6 Å². The largest absolute Gasteiger partial charge is 0.481 e. The Morgan fingerprint density at radius 3 is 1.20 bits per heavy atom. The summed E-state index contributed by atoms with van der Waals surface area (Å²) < 4.78 is 0. The Hall–Kier alpha value is -2.12. The number of carboxylic acids is 4. The topological polar surface area (TPSA) is 149 Å². The first-order valence-corrected chi connectivity index (χ1v) is 6.16. The van der Waals surface area contributed by atoms with Crippen molar-refractivity contribution in [2.75, 3.05) is 0 Å². The monoisotopic (exact) mass is 286 g/mol. The summed E-state index contributed by atoms with van der Waals surface area (Å²) in [5.74, 6) is -9.64. The van der Waals surface area contributed by atoms with E-state index < -0.39 is 46.5 Å². The lowest BCUT2D eigenvalue weighted by Gasteiger charge is -2.63. The summed E-state index contributed by atoms with van der Waals surface area (Å²) in [5.41, 5.74) is -4.07. The SMILES string of the molecule is O=C(O)C1C(C(=O)O)C2(C(=O)O)CCCCC12C(=O)O. The third-order valence-electron chi connectivity index (χ3n) is 4.88. The molecular formula is C12H14O8. The molecule has 110 valence electrons. The van der Waals surface area contributed by atoms with Crippen LogP contribution in [0, 0.1) is 22.7 Å². The molecule has 0 aromatic heterocycles. The summed E-state index contributed by atoms with van der Waals surface area (Å²) in [4.78, 5) is 45.8. The normalized spacial score (nSPS) is 39.2. The third-order valence-corrected chi connectivity index (χ3v) is 4.88. The van der Waals surface area contributed by atoms with Gasteiger partial charge in [-0.05, 0) is 12.8 Å². The Bertz CT molecular complexity index is 466. The standard InChI is InChI=1S/C12H14O8/c13-7(14)5-6(8(15)16)12(10(19)20)4-2-1-3-11(5,12)9(17)18/h5-6H,1-4H2,(H,13,14)(H,15,16)(H,17,18)(H,19,20). The number of hydrogen-bond acceptors (Lipinski definition) is 4. The summed E-state index contributed by atoms with van der Waals surface area (Å²) in [6.07, 6.45) is 0.486. The highest BCUT2D eigenvalue weighted by Crippen LogP contribution is 2.71. The molecule has 8 nitrogen and oxygen atoms in total. The van der Waals surface area contributed by atoms with E-state index in [1.54, 1.807) is 0 Å². The van der Waals surface area contributed by atoms with Gasteiger partial charge < -0.3 is 20.4 Å². The zero-order valence-corrected chi connectivity index (χ0v) is 10.4. The maximum absolute atomic E-state index is 11.6. The van der Waals surface area contributed by atoms with Gasteiger partial charge in [-0.1, -0.05) is 12.8 Å². The molecule has 0 radical (unpaired) electrons. The molecule has 2 fully saturated rings. The van der Waals surface area contributed by atoms with E-state index in [0.29, 0.717) is 12.8 Å². The number of carbonyl (C=O) groups is 4. The highest BCUT2D eigenvalue weighted by Gasteiger charge is 2.83. The van der Waals surface area contributed by atoms with Gasteiger partial charge in [-0.2, -0.15) is 0 Å². The van der Waals surface area contributed by atoms with Crippen molar-refractivity contribution in [3.63, 3.8) is 0 Å². The number of hydrogen-bond donors (Lipinski definition) is 4. The molecule has 0 aliphatic heterocycles. The van der Waals surface area contributed by atoms with Crippen LogP contribution in [-0.4, -0.2) is 44.3 Å². The van der Waals surface area contributed by atoms with Crippen molar-refractivity contribution in [1.29, 1.82) is 0 Å². The van der Waals surface area contributed by atoms with Crippen molar-refractivity contribution >= 4 is 23.9 Å². The van der Waals surface area contributed by atoms with Gasteiger partial charge in [-0.25, -0.2) is 0 Å². The highest BCUT2D eigenvalue weighted by atomic mass is 16.4. The maximum atomic E-state index is 11.6. The summed E-state index contributed by atoms with van der Waals surface area (Å²) >= 11 is 0. The highest BCUT2D eigenvalue weighted by molar-refractivity contribution is 6.01. The van der Waals surface area contributed by atoms with Crippen molar-refractivity contribution in [2.24, 2.45) is 22.7 Å². The van der Waals surface area contributed by atoms with E-state index in [2.05, 4.69) is 0 Å². The van der Waals surface area contributed by atoms with E-state index in [0.717, 1.165) is 0 Å². The van der Waals surface area contributed by atoms with Crippen LogP contribution in [0.4, 0.5) is 0 Å². The summed E-state index contributed by atoms with van der Waals surface area (Å²) in [7, 11) is 0. The molecule has 4 atom stereocenters. The quantitative estimate of drug-likeness (QED) is 0.569. The van der Waals surface area contributed by atoms with Crippen LogP contribution < -0.4 is 0 Å². The Labute approximate surface area is 113 Å². The van der Waals surface area contributed by atoms with Crippen molar-refractivity contribution in [1.82, 2.24) is 0 Å². The lowest BCUT2D eigenvalue weighted by molar-refractivity contribution is -0.250. The van der Waals surface area contributed by atoms with Crippen molar-refractivity contribution in [3.8, 4) is 0 Å². The zero-order valence-electron chi connectivity index (χ0n) is 10.4. The van der Waals surface area contributed by atoms with Gasteiger partial charge in [-0.15, -0.1) is 0 Å². The first-order chi connectivity index (χ1) is 9.23. The van der Waals surface area contributed by atoms with Gasteiger partial charge in [-0.3, -0.25) is 19.2 Å². The second kappa shape index (κ2) is 4.19. The van der Waals surface area contributed by atoms with Crippen LogP contribution in [0.1, 0.15) is 25.7 Å². The molecule has 0 aromatic carbocycles. The average Bonchev–Trinajstić information content (AvgIpc) is 2.28. The molecule has 8 heteroatoms. The lowest BCUT2D eigenvalue weighted by atomic mass is 9.34. The molecule has 4 unspecified atom stereocenters. The van der Waals surface area contributed by atoms with Gasteiger partial charge in [0, 0.05) is 0 Å². The fourth-order valence-corrected chi connectivity index (χ4v) is 4.16. The van der Waals surface area contributed by atoms with Gasteiger partial charge in [0.15, 0.2) is 0 Å². The van der Waals surface area contributed by atoms with Crippen molar-refractivity contribution in [3.05, 3.63) is 0 Å². The molecule has 2 aliphatic carbocycles. The maximum Gasteiger partial charge on any atom is 0.311 e. The Balaban J connectivity index is 2.68. The van der Waals surface area contributed by atoms with Gasteiger partial charge in [0.25, 0.3) is 0 Å². The average molecular weight is 286 g/mol. The predicted molar refractivity (Wildman–Crippen MR) is 60.9 cm³/mol. The summed E-state index contributed by atoms with van der Waals surface area (Å²) in [6.45, 7) is 0. The minimum Gasteiger partial charge on any atom is -0.481 e. The fourth-order valence-electron chi connectivity index (χ4n) is 4.16. The van der Waals surface area contributed by atoms with Crippen LogP contribution in [0.25, 0.3) is 0 Å². The molecule has 0 amide bonds. The molecule has 0 aromatic rings. The van der Waals surface area contributed by atoms with Gasteiger partial charge in [0.05, 0.1) is 22.7 Å². The first kappa shape index (κ1) is 14.3. The van der Waals surface area contributed by atoms with E-state index in [-0.39, 0.29) is 12.8 Å². The van der Waals surface area contributed by atoms with Crippen molar-refractivity contribution < 1.29 is 39.6 Å². The second-order valence-corrected chi connectivity index (χ2v) is 5.39. The number of aliphatic carboxylic acids is 4. The Kier molecular flexibility index (Phi) is 2.99. The van der Waals surface area contributed by atoms with Crippen LogP contribution in [0.15, 0.2) is 0 Å². The first-order valence-electron chi connectivity index (χ1n) is 6.16. The van der Waals surface area contributed by atoms with Crippen LogP contribution in [0.2, 0.25) is 0 Å². The Morgan fingerprint density at radius 1 is 0.700 bits per heavy atom. The van der Waals surface area contributed by atoms with Gasteiger partial charge in [0.2, 0.25) is 0 Å². The molecule has 2 rings (SSSR count). The fraction of sp³-hybridized carbons (Fsp3) is 0.667. The van der Waals surface area contributed by atoms with Gasteiger partial charge >= 0.3 is 23.9 Å². The molecule has 0 bridgehead atoms. The summed E-state index contributed by atoms with van der Waals surface area (Å²) in [5, 5.41) is 37.2. The van der Waals surface area contributed by atoms with E-state index >= 15 is 0 Å². The zero-order chi connectivity index (χ0) is 15.3. The van der Waals surface area contributed by atoms with Gasteiger partial charge in [0.1, 0.15) is 0 Å².